The van der Waals surface area contributed by atoms with E-state index in [1.807, 2.05) is 78.9 Å². The van der Waals surface area contributed by atoms with Gasteiger partial charge >= 0.3 is 5.97 Å². The van der Waals surface area contributed by atoms with E-state index in [0.29, 0.717) is 51.2 Å². The Labute approximate surface area is 242 Å². The van der Waals surface area contributed by atoms with E-state index in [1.165, 1.54) is 0 Å². The van der Waals surface area contributed by atoms with Gasteiger partial charge in [0.2, 0.25) is 5.91 Å². The van der Waals surface area contributed by atoms with E-state index in [2.05, 4.69) is 5.32 Å². The molecule has 7 nitrogen and oxygen atoms in total. The first-order valence-electron chi connectivity index (χ1n) is 14.0. The molecule has 0 saturated heterocycles. The fourth-order valence-corrected chi connectivity index (χ4v) is 4.23. The maximum Gasteiger partial charge on any atom is 0.305 e. The van der Waals surface area contributed by atoms with Gasteiger partial charge in [0.05, 0.1) is 20.3 Å². The summed E-state index contributed by atoms with van der Waals surface area (Å²) >= 11 is 0. The molecule has 0 fully saturated rings. The molecule has 0 aliphatic carbocycles. The lowest BCUT2D eigenvalue weighted by Gasteiger charge is -2.16. The van der Waals surface area contributed by atoms with E-state index in [9.17, 15) is 14.4 Å². The minimum atomic E-state index is -0.518. The van der Waals surface area contributed by atoms with E-state index in [0.717, 1.165) is 22.4 Å². The second-order valence-electron chi connectivity index (χ2n) is 9.61. The van der Waals surface area contributed by atoms with Crippen molar-refractivity contribution in [1.82, 2.24) is 5.32 Å². The van der Waals surface area contributed by atoms with Gasteiger partial charge in [0.1, 0.15) is 11.5 Å². The van der Waals surface area contributed by atoms with E-state index in [4.69, 9.17) is 14.2 Å². The Kier molecular flexibility index (Phi) is 13.2. The van der Waals surface area contributed by atoms with Crippen LogP contribution in [0, 0.1) is 5.92 Å². The van der Waals surface area contributed by atoms with E-state index >= 15 is 0 Å². The molecule has 0 aliphatic rings. The summed E-state index contributed by atoms with van der Waals surface area (Å²) < 4.78 is 15.9. The maximum absolute atomic E-state index is 13.2. The third kappa shape index (κ3) is 11.7. The number of methoxy groups -OCH3 is 1. The molecule has 3 rings (SSSR count). The standard InChI is InChI=1S/C34H39NO6/c1-3-40-33(37)10-7-23-41-32-19-14-28(15-20-32)24-29(25-30(36)16-11-26-8-5-4-6-9-26)34(38)35-22-21-27-12-17-31(39-2)18-13-27/h4-6,8-9,11-20,29H,3,7,10,21-25H2,1-2H3,(H,35,38)/b16-11+/t29-/m1/s1. The molecule has 1 amide bonds. The van der Waals surface area contributed by atoms with Gasteiger partial charge in [-0.15, -0.1) is 0 Å². The van der Waals surface area contributed by atoms with E-state index in [-0.39, 0.29) is 24.1 Å². The number of esters is 1. The molecule has 41 heavy (non-hydrogen) atoms. The minimum absolute atomic E-state index is 0.101. The number of hydrogen-bond donors (Lipinski definition) is 1. The minimum Gasteiger partial charge on any atom is -0.497 e. The molecule has 1 atom stereocenters. The van der Waals surface area contributed by atoms with E-state index < -0.39 is 5.92 Å². The zero-order valence-electron chi connectivity index (χ0n) is 23.8. The quantitative estimate of drug-likeness (QED) is 0.132. The van der Waals surface area contributed by atoms with Crippen molar-refractivity contribution < 1.29 is 28.6 Å². The molecule has 0 saturated carbocycles. The first kappa shape index (κ1) is 31.1. The smallest absolute Gasteiger partial charge is 0.305 e. The molecule has 0 radical (unpaired) electrons. The Morgan fingerprint density at radius 2 is 1.56 bits per heavy atom. The zero-order valence-corrected chi connectivity index (χ0v) is 23.8. The summed E-state index contributed by atoms with van der Waals surface area (Å²) in [6.07, 6.45) is 5.39. The summed E-state index contributed by atoms with van der Waals surface area (Å²) in [5.74, 6) is 0.459. The number of nitrogens with one attached hydrogen (secondary N) is 1. The molecule has 0 unspecified atom stereocenters. The lowest BCUT2D eigenvalue weighted by Crippen LogP contribution is -2.34. The monoisotopic (exact) mass is 557 g/mol. The van der Waals surface area contributed by atoms with Crippen molar-refractivity contribution >= 4 is 23.7 Å². The largest absolute Gasteiger partial charge is 0.497 e. The summed E-state index contributed by atoms with van der Waals surface area (Å²) in [6.45, 7) is 3.02. The van der Waals surface area contributed by atoms with Crippen LogP contribution in [0.25, 0.3) is 6.08 Å². The number of carbonyl (C=O) groups excluding carboxylic acids is 3. The summed E-state index contributed by atoms with van der Waals surface area (Å²) in [5, 5.41) is 3.01. The van der Waals surface area contributed by atoms with Crippen molar-refractivity contribution in [1.29, 1.82) is 0 Å². The number of rotatable bonds is 17. The highest BCUT2D eigenvalue weighted by Gasteiger charge is 2.21. The van der Waals surface area contributed by atoms with Crippen molar-refractivity contribution in [3.63, 3.8) is 0 Å². The average molecular weight is 558 g/mol. The van der Waals surface area contributed by atoms with Gasteiger partial charge in [-0.2, -0.15) is 0 Å². The lowest BCUT2D eigenvalue weighted by molar-refractivity contribution is -0.143. The van der Waals surface area contributed by atoms with Crippen LogP contribution in [0.1, 0.15) is 42.9 Å². The van der Waals surface area contributed by atoms with Crippen LogP contribution in [-0.4, -0.2) is 44.5 Å². The zero-order chi connectivity index (χ0) is 29.3. The fourth-order valence-electron chi connectivity index (χ4n) is 4.23. The summed E-state index contributed by atoms with van der Waals surface area (Å²) in [7, 11) is 1.63. The van der Waals surface area contributed by atoms with Crippen molar-refractivity contribution in [2.24, 2.45) is 5.92 Å². The predicted molar refractivity (Wildman–Crippen MR) is 160 cm³/mol. The van der Waals surface area contributed by atoms with Gasteiger partial charge in [-0.25, -0.2) is 0 Å². The third-order valence-corrected chi connectivity index (χ3v) is 6.46. The lowest BCUT2D eigenvalue weighted by atomic mass is 9.93. The van der Waals surface area contributed by atoms with E-state index in [1.54, 1.807) is 26.2 Å². The highest BCUT2D eigenvalue weighted by Crippen LogP contribution is 2.19. The van der Waals surface area contributed by atoms with Gasteiger partial charge < -0.3 is 19.5 Å². The fraction of sp³-hybridized carbons (Fsp3) is 0.324. The normalized spacial score (nSPS) is 11.6. The Bertz CT molecular complexity index is 1250. The molecule has 0 heterocycles. The molecule has 0 spiro atoms. The van der Waals surface area contributed by atoms with Crippen molar-refractivity contribution in [3.05, 3.63) is 102 Å². The van der Waals surface area contributed by atoms with Crippen LogP contribution in [-0.2, 0) is 32.0 Å². The summed E-state index contributed by atoms with van der Waals surface area (Å²) in [4.78, 5) is 37.5. The van der Waals surface area contributed by atoms with Crippen molar-refractivity contribution in [3.8, 4) is 11.5 Å². The number of allylic oxidation sites excluding steroid dienone is 1. The Balaban J connectivity index is 1.58. The Hall–Kier alpha value is -4.39. The highest BCUT2D eigenvalue weighted by molar-refractivity contribution is 5.96. The first-order valence-corrected chi connectivity index (χ1v) is 14.0. The summed E-state index contributed by atoms with van der Waals surface area (Å²) in [6, 6.07) is 24.8. The number of ether oxygens (including phenoxy) is 3. The van der Waals surface area contributed by atoms with Gasteiger partial charge in [0.25, 0.3) is 0 Å². The second-order valence-corrected chi connectivity index (χ2v) is 9.61. The third-order valence-electron chi connectivity index (χ3n) is 6.46. The molecule has 0 aliphatic heterocycles. The van der Waals surface area contributed by atoms with Gasteiger partial charge in [-0.3, -0.25) is 14.4 Å². The van der Waals surface area contributed by atoms with Crippen molar-refractivity contribution in [2.45, 2.75) is 39.0 Å². The van der Waals surface area contributed by atoms with Crippen LogP contribution in [0.15, 0.2) is 84.9 Å². The number of ketones is 1. The number of hydrogen-bond acceptors (Lipinski definition) is 6. The molecule has 216 valence electrons. The average Bonchev–Trinajstić information content (AvgIpc) is 2.99. The van der Waals surface area contributed by atoms with Crippen LogP contribution >= 0.6 is 0 Å². The van der Waals surface area contributed by atoms with Crippen LogP contribution in [0.4, 0.5) is 0 Å². The molecular formula is C34H39NO6. The summed E-state index contributed by atoms with van der Waals surface area (Å²) in [5.41, 5.74) is 2.94. The molecule has 1 N–H and O–H groups in total. The molecule has 0 bridgehead atoms. The van der Waals surface area contributed by atoms with Gasteiger partial charge in [0.15, 0.2) is 5.78 Å². The van der Waals surface area contributed by atoms with Crippen LogP contribution in [0.5, 0.6) is 11.5 Å². The van der Waals surface area contributed by atoms with Gasteiger partial charge in [-0.05, 0) is 73.2 Å². The van der Waals surface area contributed by atoms with Crippen LogP contribution in [0.2, 0.25) is 0 Å². The molecule has 3 aromatic rings. The SMILES string of the molecule is CCOC(=O)CCCOc1ccc(C[C@H](CC(=O)/C=C/c2ccccc2)C(=O)NCCc2ccc(OC)cc2)cc1. The predicted octanol–water partition coefficient (Wildman–Crippen LogP) is 5.61. The van der Waals surface area contributed by atoms with Crippen molar-refractivity contribution in [2.75, 3.05) is 26.9 Å². The molecule has 0 aromatic heterocycles. The maximum atomic E-state index is 13.2. The molecular weight excluding hydrogens is 518 g/mol. The molecule has 3 aromatic carbocycles. The second kappa shape index (κ2) is 17.3. The topological polar surface area (TPSA) is 90.9 Å². The number of benzene rings is 3. The van der Waals surface area contributed by atoms with Gasteiger partial charge in [0, 0.05) is 25.3 Å². The Morgan fingerprint density at radius 3 is 2.24 bits per heavy atom. The number of amides is 1. The molecule has 7 heteroatoms. The van der Waals surface area contributed by atoms with Gasteiger partial charge in [-0.1, -0.05) is 60.7 Å². The first-order chi connectivity index (χ1) is 20.0. The highest BCUT2D eigenvalue weighted by atomic mass is 16.5. The Morgan fingerprint density at radius 1 is 0.878 bits per heavy atom. The van der Waals surface area contributed by atoms with Crippen LogP contribution < -0.4 is 14.8 Å². The number of carbonyl (C=O) groups is 3. The van der Waals surface area contributed by atoms with Crippen LogP contribution in [0.3, 0.4) is 0 Å².